The van der Waals surface area contributed by atoms with Crippen molar-refractivity contribution in [3.8, 4) is 0 Å². The van der Waals surface area contributed by atoms with Crippen molar-refractivity contribution in [3.63, 3.8) is 0 Å². The predicted octanol–water partition coefficient (Wildman–Crippen LogP) is 0.951. The van der Waals surface area contributed by atoms with Gasteiger partial charge in [0.15, 0.2) is 0 Å². The molecule has 236 valence electrons. The number of imide groups is 2. The van der Waals surface area contributed by atoms with Crippen molar-refractivity contribution in [2.45, 2.75) is 18.9 Å². The summed E-state index contributed by atoms with van der Waals surface area (Å²) in [6, 6.07) is 6.91. The smallest absolute Gasteiger partial charge is 0.414 e. The number of cyclic esters (lactones) is 1. The van der Waals surface area contributed by atoms with Gasteiger partial charge in [0, 0.05) is 25.2 Å². The first-order valence-corrected chi connectivity index (χ1v) is 14.7. The van der Waals surface area contributed by atoms with Crippen LogP contribution in [0.2, 0.25) is 4.34 Å². The second kappa shape index (κ2) is 14.7. The van der Waals surface area contributed by atoms with Crippen LogP contribution in [0, 0.1) is 5.82 Å². The van der Waals surface area contributed by atoms with Gasteiger partial charge in [0.25, 0.3) is 11.8 Å². The zero-order valence-corrected chi connectivity index (χ0v) is 25.0. The molecule has 0 saturated carbocycles. The van der Waals surface area contributed by atoms with Crippen molar-refractivity contribution in [2.75, 3.05) is 62.3 Å². The van der Waals surface area contributed by atoms with E-state index in [2.05, 4.69) is 0 Å². The lowest BCUT2D eigenvalue weighted by Crippen LogP contribution is -2.45. The van der Waals surface area contributed by atoms with Gasteiger partial charge in [0.1, 0.15) is 18.5 Å². The standard InChI is InChI=1S/C27H30ClFN6O8S/c28-21-6-5-20(44-21)26(40)35(22(36)2-1-7-33(23(37)11-30)24(38)12-31)14-17-13-34(27(41)43-17)19-4-3-16(10-18(19)29)32-8-9-42-15-25(32)39/h3-6,10,17H,1-2,7-9,11-15,30-31H2/t17-/m1/s1. The number of nitrogens with two attached hydrogens (primary N) is 2. The Hall–Kier alpha value is -3.96. The van der Waals surface area contributed by atoms with Crippen LogP contribution in [0.1, 0.15) is 22.5 Å². The summed E-state index contributed by atoms with van der Waals surface area (Å²) in [5.41, 5.74) is 10.9. The molecule has 0 radical (unpaired) electrons. The van der Waals surface area contributed by atoms with Crippen molar-refractivity contribution in [2.24, 2.45) is 11.5 Å². The van der Waals surface area contributed by atoms with Gasteiger partial charge >= 0.3 is 6.09 Å². The largest absolute Gasteiger partial charge is 0.442 e. The first-order chi connectivity index (χ1) is 21.0. The van der Waals surface area contributed by atoms with E-state index in [1.807, 2.05) is 0 Å². The minimum Gasteiger partial charge on any atom is -0.442 e. The maximum atomic E-state index is 15.2. The minimum absolute atomic E-state index is 0.00503. The maximum absolute atomic E-state index is 15.2. The van der Waals surface area contributed by atoms with E-state index in [4.69, 9.17) is 32.5 Å². The quantitative estimate of drug-likeness (QED) is 0.354. The molecule has 1 atom stereocenters. The fourth-order valence-electron chi connectivity index (χ4n) is 4.68. The highest BCUT2D eigenvalue weighted by Gasteiger charge is 2.38. The highest BCUT2D eigenvalue weighted by atomic mass is 35.5. The summed E-state index contributed by atoms with van der Waals surface area (Å²) in [7, 11) is 0. The number of morpholine rings is 1. The molecule has 6 amide bonds. The second-order valence-corrected chi connectivity index (χ2v) is 11.4. The molecule has 0 spiro atoms. The molecule has 2 aromatic rings. The lowest BCUT2D eigenvalue weighted by atomic mass is 10.2. The van der Waals surface area contributed by atoms with E-state index < -0.39 is 54.7 Å². The van der Waals surface area contributed by atoms with Crippen molar-refractivity contribution in [1.29, 1.82) is 0 Å². The third kappa shape index (κ3) is 7.57. The van der Waals surface area contributed by atoms with Gasteiger partial charge in [-0.25, -0.2) is 9.18 Å². The summed E-state index contributed by atoms with van der Waals surface area (Å²) in [6.07, 6.45) is -2.15. The van der Waals surface area contributed by atoms with Gasteiger partial charge in [-0.3, -0.25) is 38.7 Å². The van der Waals surface area contributed by atoms with Gasteiger partial charge in [-0.15, -0.1) is 11.3 Å². The van der Waals surface area contributed by atoms with Crippen LogP contribution < -0.4 is 21.3 Å². The van der Waals surface area contributed by atoms with Gasteiger partial charge in [0.2, 0.25) is 17.7 Å². The average Bonchev–Trinajstić information content (AvgIpc) is 3.61. The maximum Gasteiger partial charge on any atom is 0.414 e. The van der Waals surface area contributed by atoms with E-state index in [0.29, 0.717) is 16.6 Å². The van der Waals surface area contributed by atoms with Gasteiger partial charge in [-0.2, -0.15) is 0 Å². The molecule has 17 heteroatoms. The molecular formula is C27H30ClFN6O8S. The number of carbonyl (C=O) groups excluding carboxylic acids is 6. The molecule has 14 nitrogen and oxygen atoms in total. The van der Waals surface area contributed by atoms with Gasteiger partial charge < -0.3 is 25.8 Å². The second-order valence-electron chi connectivity index (χ2n) is 9.71. The molecule has 44 heavy (non-hydrogen) atoms. The lowest BCUT2D eigenvalue weighted by Gasteiger charge is -2.27. The molecule has 0 aliphatic carbocycles. The van der Waals surface area contributed by atoms with Crippen LogP contribution in [0.25, 0.3) is 0 Å². The van der Waals surface area contributed by atoms with Crippen LogP contribution in [0.15, 0.2) is 30.3 Å². The van der Waals surface area contributed by atoms with E-state index in [1.54, 1.807) is 0 Å². The zero-order valence-electron chi connectivity index (χ0n) is 23.4. The SMILES string of the molecule is NCC(=O)N(CCCC(=O)N(C[C@H]1CN(c2ccc(N3CCOCC3=O)cc2F)C(=O)O1)C(=O)c1ccc(Cl)s1)C(=O)CN. The summed E-state index contributed by atoms with van der Waals surface area (Å²) in [6.45, 7) is -1.11. The van der Waals surface area contributed by atoms with Gasteiger partial charge in [-0.05, 0) is 36.8 Å². The van der Waals surface area contributed by atoms with Gasteiger partial charge in [-0.1, -0.05) is 11.6 Å². The summed E-state index contributed by atoms with van der Waals surface area (Å²) in [5.74, 6) is -3.79. The number of hydrogen-bond donors (Lipinski definition) is 2. The fraction of sp³-hybridized carbons (Fsp3) is 0.407. The van der Waals surface area contributed by atoms with Crippen molar-refractivity contribution < 1.29 is 42.6 Å². The van der Waals surface area contributed by atoms with Crippen LogP contribution in [-0.4, -0.2) is 104 Å². The minimum atomic E-state index is -1.01. The molecule has 3 heterocycles. The van der Waals surface area contributed by atoms with E-state index in [1.165, 1.54) is 29.2 Å². The zero-order chi connectivity index (χ0) is 32.0. The number of benzene rings is 1. The Labute approximate surface area is 260 Å². The Kier molecular flexibility index (Phi) is 11.0. The molecule has 4 N–H and O–H groups in total. The molecule has 1 aromatic heterocycles. The number of rotatable bonds is 11. The Bertz CT molecular complexity index is 1440. The number of thiophene rings is 1. The number of carbonyl (C=O) groups is 6. The number of halogens is 2. The van der Waals surface area contributed by atoms with Gasteiger partial charge in [0.05, 0.1) is 47.7 Å². The monoisotopic (exact) mass is 652 g/mol. The molecular weight excluding hydrogens is 623 g/mol. The first-order valence-electron chi connectivity index (χ1n) is 13.5. The molecule has 2 fully saturated rings. The van der Waals surface area contributed by atoms with Crippen molar-refractivity contribution >= 4 is 69.9 Å². The Morgan fingerprint density at radius 3 is 2.36 bits per heavy atom. The number of amides is 6. The molecule has 1 aromatic carbocycles. The Morgan fingerprint density at radius 2 is 1.75 bits per heavy atom. The Morgan fingerprint density at radius 1 is 1.02 bits per heavy atom. The molecule has 2 aliphatic heterocycles. The molecule has 0 bridgehead atoms. The van der Waals surface area contributed by atoms with Crippen LogP contribution in [-0.2, 0) is 28.7 Å². The molecule has 2 saturated heterocycles. The van der Waals surface area contributed by atoms with Crippen molar-refractivity contribution in [1.82, 2.24) is 9.80 Å². The number of nitrogens with zero attached hydrogens (tertiary/aromatic N) is 4. The normalized spacial score (nSPS) is 16.6. The molecule has 4 rings (SSSR count). The van der Waals surface area contributed by atoms with E-state index in [0.717, 1.165) is 32.1 Å². The summed E-state index contributed by atoms with van der Waals surface area (Å²) >= 11 is 6.94. The highest BCUT2D eigenvalue weighted by Crippen LogP contribution is 2.30. The van der Waals surface area contributed by atoms with E-state index >= 15 is 4.39 Å². The predicted molar refractivity (Wildman–Crippen MR) is 157 cm³/mol. The summed E-state index contributed by atoms with van der Waals surface area (Å²) in [4.78, 5) is 79.9. The summed E-state index contributed by atoms with van der Waals surface area (Å²) < 4.78 is 26.0. The molecule has 2 aliphatic rings. The van der Waals surface area contributed by atoms with Crippen LogP contribution in [0.3, 0.4) is 0 Å². The number of anilines is 2. The fourth-order valence-corrected chi connectivity index (χ4v) is 5.68. The first kappa shape index (κ1) is 32.9. The highest BCUT2D eigenvalue weighted by molar-refractivity contribution is 7.18. The van der Waals surface area contributed by atoms with E-state index in [9.17, 15) is 28.8 Å². The molecule has 0 unspecified atom stereocenters. The lowest BCUT2D eigenvalue weighted by molar-refractivity contribution is -0.143. The Balaban J connectivity index is 1.47. The third-order valence-electron chi connectivity index (χ3n) is 6.83. The average molecular weight is 653 g/mol. The van der Waals surface area contributed by atoms with Crippen LogP contribution in [0.5, 0.6) is 0 Å². The topological polar surface area (TPSA) is 186 Å². The number of ether oxygens (including phenoxy) is 2. The van der Waals surface area contributed by atoms with Crippen LogP contribution >= 0.6 is 22.9 Å². The number of hydrogen-bond acceptors (Lipinski definition) is 11. The van der Waals surface area contributed by atoms with Crippen LogP contribution in [0.4, 0.5) is 20.6 Å². The van der Waals surface area contributed by atoms with E-state index in [-0.39, 0.29) is 62.1 Å². The summed E-state index contributed by atoms with van der Waals surface area (Å²) in [5, 5.41) is 0. The third-order valence-corrected chi connectivity index (χ3v) is 8.05. The van der Waals surface area contributed by atoms with Crippen molar-refractivity contribution in [3.05, 3.63) is 45.4 Å².